The van der Waals surface area contributed by atoms with Crippen LogP contribution >= 0.6 is 0 Å². The van der Waals surface area contributed by atoms with Gasteiger partial charge < -0.3 is 9.47 Å². The van der Waals surface area contributed by atoms with Gasteiger partial charge in [0.05, 0.1) is 6.33 Å². The number of hydrogen-bond acceptors (Lipinski definition) is 5. The van der Waals surface area contributed by atoms with Crippen molar-refractivity contribution in [2.45, 2.75) is 44.6 Å². The Balaban J connectivity index is 1.37. The van der Waals surface area contributed by atoms with E-state index in [-0.39, 0.29) is 0 Å². The van der Waals surface area contributed by atoms with Crippen LogP contribution in [-0.2, 0) is 0 Å². The first-order valence-electron chi connectivity index (χ1n) is 9.14. The topological polar surface area (TPSA) is 59.7 Å². The third kappa shape index (κ3) is 2.65. The molecular weight excluding hydrogens is 312 g/mol. The molecular formula is C19H22N6. The highest BCUT2D eigenvalue weighted by molar-refractivity contribution is 5.83. The summed E-state index contributed by atoms with van der Waals surface area (Å²) in [5.41, 5.74) is 4.37. The second-order valence-corrected chi connectivity index (χ2v) is 7.25. The summed E-state index contributed by atoms with van der Waals surface area (Å²) in [6.45, 7) is 4.04. The zero-order valence-electron chi connectivity index (χ0n) is 14.5. The highest BCUT2D eigenvalue weighted by Crippen LogP contribution is 2.38. The number of anilines is 1. The van der Waals surface area contributed by atoms with Gasteiger partial charge in [-0.3, -0.25) is 4.98 Å². The predicted molar refractivity (Wildman–Crippen MR) is 96.8 cm³/mol. The third-order valence-electron chi connectivity index (χ3n) is 5.48. The Morgan fingerprint density at radius 1 is 0.960 bits per heavy atom. The maximum absolute atomic E-state index is 4.63. The van der Waals surface area contributed by atoms with Crippen LogP contribution in [0.15, 0.2) is 31.0 Å². The summed E-state index contributed by atoms with van der Waals surface area (Å²) >= 11 is 0. The van der Waals surface area contributed by atoms with Gasteiger partial charge in [0, 0.05) is 31.0 Å². The summed E-state index contributed by atoms with van der Waals surface area (Å²) in [5.74, 6) is 1.58. The summed E-state index contributed by atoms with van der Waals surface area (Å²) in [5, 5.41) is 0. The lowest BCUT2D eigenvalue weighted by atomic mass is 9.90. The van der Waals surface area contributed by atoms with Gasteiger partial charge in [-0.15, -0.1) is 0 Å². The fourth-order valence-corrected chi connectivity index (χ4v) is 3.84. The molecule has 0 atom stereocenters. The highest BCUT2D eigenvalue weighted by atomic mass is 15.2. The van der Waals surface area contributed by atoms with E-state index < -0.39 is 0 Å². The number of aromatic nitrogens is 5. The second kappa shape index (κ2) is 5.79. The van der Waals surface area contributed by atoms with Gasteiger partial charge in [0.25, 0.3) is 0 Å². The van der Waals surface area contributed by atoms with Gasteiger partial charge >= 0.3 is 0 Å². The van der Waals surface area contributed by atoms with E-state index in [1.54, 1.807) is 6.33 Å². The SMILES string of the molecule is Cc1ccc(C2CCN(c3ncnc4c3ncn4C3CC3)CC2)cn1. The molecule has 1 aliphatic heterocycles. The van der Waals surface area contributed by atoms with Gasteiger partial charge in [0.1, 0.15) is 6.33 Å². The molecule has 2 aliphatic rings. The van der Waals surface area contributed by atoms with Crippen molar-refractivity contribution in [3.05, 3.63) is 42.2 Å². The van der Waals surface area contributed by atoms with Crippen molar-refractivity contribution in [2.24, 2.45) is 0 Å². The molecule has 1 saturated carbocycles. The summed E-state index contributed by atoms with van der Waals surface area (Å²) in [4.78, 5) is 20.5. The molecule has 3 aromatic heterocycles. The van der Waals surface area contributed by atoms with E-state index in [4.69, 9.17) is 0 Å². The first-order chi connectivity index (χ1) is 12.3. The number of hydrogen-bond donors (Lipinski definition) is 0. The Morgan fingerprint density at radius 3 is 2.52 bits per heavy atom. The molecule has 0 radical (unpaired) electrons. The Labute approximate surface area is 147 Å². The van der Waals surface area contributed by atoms with E-state index >= 15 is 0 Å². The number of rotatable bonds is 3. The van der Waals surface area contributed by atoms with Crippen LogP contribution in [0.25, 0.3) is 11.2 Å². The van der Waals surface area contributed by atoms with Crippen molar-refractivity contribution in [3.8, 4) is 0 Å². The van der Waals surface area contributed by atoms with Crippen molar-refractivity contribution in [2.75, 3.05) is 18.0 Å². The molecule has 5 rings (SSSR count). The van der Waals surface area contributed by atoms with Crippen LogP contribution in [0.4, 0.5) is 5.82 Å². The Kier molecular flexibility index (Phi) is 3.43. The van der Waals surface area contributed by atoms with Crippen molar-refractivity contribution >= 4 is 17.0 Å². The van der Waals surface area contributed by atoms with Crippen LogP contribution in [0.3, 0.4) is 0 Å². The van der Waals surface area contributed by atoms with Crippen molar-refractivity contribution in [1.82, 2.24) is 24.5 Å². The van der Waals surface area contributed by atoms with E-state index in [2.05, 4.69) is 41.5 Å². The van der Waals surface area contributed by atoms with Gasteiger partial charge in [-0.2, -0.15) is 0 Å². The highest BCUT2D eigenvalue weighted by Gasteiger charge is 2.28. The summed E-state index contributed by atoms with van der Waals surface area (Å²) in [7, 11) is 0. The lowest BCUT2D eigenvalue weighted by molar-refractivity contribution is 0.502. The van der Waals surface area contributed by atoms with Crippen LogP contribution in [0.1, 0.15) is 48.9 Å². The molecule has 0 unspecified atom stereocenters. The van der Waals surface area contributed by atoms with Gasteiger partial charge in [-0.05, 0) is 50.2 Å². The first-order valence-corrected chi connectivity index (χ1v) is 9.14. The zero-order chi connectivity index (χ0) is 16.8. The molecule has 6 nitrogen and oxygen atoms in total. The number of aryl methyl sites for hydroxylation is 1. The molecule has 0 spiro atoms. The maximum atomic E-state index is 4.63. The predicted octanol–water partition coefficient (Wildman–Crippen LogP) is 3.25. The minimum absolute atomic E-state index is 0.589. The van der Waals surface area contributed by atoms with Crippen LogP contribution < -0.4 is 4.90 Å². The first kappa shape index (κ1) is 14.8. The van der Waals surface area contributed by atoms with E-state index in [1.165, 1.54) is 18.4 Å². The van der Waals surface area contributed by atoms with Crippen LogP contribution in [0, 0.1) is 6.92 Å². The van der Waals surface area contributed by atoms with Crippen LogP contribution in [0.5, 0.6) is 0 Å². The fourth-order valence-electron chi connectivity index (χ4n) is 3.84. The maximum Gasteiger partial charge on any atom is 0.165 e. The molecule has 6 heteroatoms. The molecule has 0 bridgehead atoms. The minimum Gasteiger partial charge on any atom is -0.355 e. The Bertz CT molecular complexity index is 888. The van der Waals surface area contributed by atoms with Crippen molar-refractivity contribution < 1.29 is 0 Å². The molecule has 1 saturated heterocycles. The molecule has 0 N–H and O–H groups in total. The normalized spacial score (nSPS) is 18.8. The average Bonchev–Trinajstić information content (AvgIpc) is 3.41. The molecule has 1 aliphatic carbocycles. The Morgan fingerprint density at radius 2 is 1.80 bits per heavy atom. The van der Waals surface area contributed by atoms with Gasteiger partial charge in [0.2, 0.25) is 0 Å². The second-order valence-electron chi connectivity index (χ2n) is 7.25. The number of piperidine rings is 1. The van der Waals surface area contributed by atoms with Gasteiger partial charge in [-0.1, -0.05) is 6.07 Å². The van der Waals surface area contributed by atoms with Gasteiger partial charge in [-0.25, -0.2) is 15.0 Å². The molecule has 0 aromatic carbocycles. The van der Waals surface area contributed by atoms with E-state index in [0.717, 1.165) is 48.6 Å². The number of nitrogens with zero attached hydrogens (tertiary/aromatic N) is 6. The molecule has 4 heterocycles. The third-order valence-corrected chi connectivity index (χ3v) is 5.48. The summed E-state index contributed by atoms with van der Waals surface area (Å²) in [6, 6.07) is 4.93. The molecule has 128 valence electrons. The van der Waals surface area contributed by atoms with Gasteiger partial charge in [0.15, 0.2) is 17.0 Å². The fraction of sp³-hybridized carbons (Fsp3) is 0.474. The standard InChI is InChI=1S/C19H22N6/c1-13-2-3-15(10-20-13)14-6-8-24(9-7-14)18-17-19(22-11-21-18)25(12-23-17)16-4-5-16/h2-3,10-12,14,16H,4-9H2,1H3. The van der Waals surface area contributed by atoms with Crippen LogP contribution in [0.2, 0.25) is 0 Å². The average molecular weight is 334 g/mol. The monoisotopic (exact) mass is 334 g/mol. The van der Waals surface area contributed by atoms with Crippen molar-refractivity contribution in [3.63, 3.8) is 0 Å². The lowest BCUT2D eigenvalue weighted by Crippen LogP contribution is -2.33. The van der Waals surface area contributed by atoms with E-state index in [9.17, 15) is 0 Å². The smallest absolute Gasteiger partial charge is 0.165 e. The molecule has 25 heavy (non-hydrogen) atoms. The summed E-state index contributed by atoms with van der Waals surface area (Å²) < 4.78 is 2.21. The molecule has 0 amide bonds. The number of pyridine rings is 1. The number of imidazole rings is 1. The molecule has 2 fully saturated rings. The van der Waals surface area contributed by atoms with E-state index in [1.807, 2.05) is 19.4 Å². The largest absolute Gasteiger partial charge is 0.355 e. The number of fused-ring (bicyclic) bond motifs is 1. The lowest BCUT2D eigenvalue weighted by Gasteiger charge is -2.32. The van der Waals surface area contributed by atoms with Crippen molar-refractivity contribution in [1.29, 1.82) is 0 Å². The minimum atomic E-state index is 0.589. The zero-order valence-corrected chi connectivity index (χ0v) is 14.5. The van der Waals surface area contributed by atoms with Crippen LogP contribution in [-0.4, -0.2) is 37.6 Å². The summed E-state index contributed by atoms with van der Waals surface area (Å²) in [6.07, 6.45) is 10.4. The Hall–Kier alpha value is -2.50. The molecule has 3 aromatic rings. The quantitative estimate of drug-likeness (QED) is 0.736. The van der Waals surface area contributed by atoms with E-state index in [0.29, 0.717) is 12.0 Å².